The number of benzene rings is 1. The van der Waals surface area contributed by atoms with Crippen LogP contribution in [0.15, 0.2) is 48.8 Å². The first-order valence-electron chi connectivity index (χ1n) is 11.3. The molecular formula is C24H31N5O. The summed E-state index contributed by atoms with van der Waals surface area (Å²) in [6.07, 6.45) is 9.62. The van der Waals surface area contributed by atoms with Crippen molar-refractivity contribution in [3.8, 4) is 0 Å². The van der Waals surface area contributed by atoms with E-state index < -0.39 is 0 Å². The van der Waals surface area contributed by atoms with Gasteiger partial charge in [0.2, 0.25) is 5.91 Å². The number of carbonyl (C=O) groups excluding carboxylic acids is 1. The number of likely N-dealkylation sites (tertiary alicyclic amines) is 1. The van der Waals surface area contributed by atoms with Crippen LogP contribution in [-0.4, -0.2) is 41.0 Å². The fourth-order valence-electron chi connectivity index (χ4n) is 5.35. The molecule has 1 aliphatic carbocycles. The first-order valence-corrected chi connectivity index (χ1v) is 11.3. The summed E-state index contributed by atoms with van der Waals surface area (Å²) in [6, 6.07) is 12.6. The van der Waals surface area contributed by atoms with Gasteiger partial charge in [0.15, 0.2) is 0 Å². The number of nitrogens with zero attached hydrogens (tertiary/aromatic N) is 2. The zero-order chi connectivity index (χ0) is 20.3. The number of hydrogen-bond donors (Lipinski definition) is 3. The van der Waals surface area contributed by atoms with Crippen LogP contribution in [0.5, 0.6) is 0 Å². The lowest BCUT2D eigenvalue weighted by Crippen LogP contribution is -2.42. The largest absolute Gasteiger partial charge is 0.325 e. The Labute approximate surface area is 178 Å². The summed E-state index contributed by atoms with van der Waals surface area (Å²) < 4.78 is 0. The molecule has 158 valence electrons. The quantitative estimate of drug-likeness (QED) is 0.713. The van der Waals surface area contributed by atoms with E-state index in [1.54, 1.807) is 0 Å². The molecule has 2 aromatic rings. The second-order valence-electron chi connectivity index (χ2n) is 9.00. The van der Waals surface area contributed by atoms with Crippen LogP contribution >= 0.6 is 0 Å². The number of fused-ring (bicyclic) bond motifs is 1. The molecule has 3 fully saturated rings. The van der Waals surface area contributed by atoms with Gasteiger partial charge in [-0.1, -0.05) is 18.2 Å². The third-order valence-electron chi connectivity index (χ3n) is 7.02. The molecule has 0 radical (unpaired) electrons. The Balaban J connectivity index is 1.20. The lowest BCUT2D eigenvalue weighted by molar-refractivity contribution is -0.119. The summed E-state index contributed by atoms with van der Waals surface area (Å²) >= 11 is 0. The fourth-order valence-corrected chi connectivity index (χ4v) is 5.35. The summed E-state index contributed by atoms with van der Waals surface area (Å²) in [7, 11) is 0. The third-order valence-corrected chi connectivity index (χ3v) is 7.02. The number of carbonyl (C=O) groups is 1. The van der Waals surface area contributed by atoms with Crippen molar-refractivity contribution in [2.75, 3.05) is 18.4 Å². The average molecular weight is 406 g/mol. The summed E-state index contributed by atoms with van der Waals surface area (Å²) in [5.74, 6) is 0.814. The Morgan fingerprint density at radius 1 is 1.10 bits per heavy atom. The van der Waals surface area contributed by atoms with E-state index in [-0.39, 0.29) is 11.9 Å². The minimum Gasteiger partial charge on any atom is -0.325 e. The molecule has 2 saturated heterocycles. The maximum absolute atomic E-state index is 13.0. The van der Waals surface area contributed by atoms with E-state index in [0.29, 0.717) is 17.9 Å². The maximum atomic E-state index is 13.0. The van der Waals surface area contributed by atoms with E-state index in [1.807, 2.05) is 30.6 Å². The van der Waals surface area contributed by atoms with Crippen LogP contribution in [0.4, 0.5) is 5.69 Å². The molecule has 2 aliphatic heterocycles. The Morgan fingerprint density at radius 3 is 2.70 bits per heavy atom. The zero-order valence-electron chi connectivity index (χ0n) is 17.4. The van der Waals surface area contributed by atoms with Crippen molar-refractivity contribution in [1.29, 1.82) is 0 Å². The molecule has 6 heteroatoms. The van der Waals surface area contributed by atoms with Crippen LogP contribution in [-0.2, 0) is 11.3 Å². The van der Waals surface area contributed by atoms with Gasteiger partial charge in [-0.2, -0.15) is 0 Å². The Kier molecular flexibility index (Phi) is 5.79. The summed E-state index contributed by atoms with van der Waals surface area (Å²) in [5, 5.41) is 3.12. The molecular weight excluding hydrogens is 374 g/mol. The number of hydrogen-bond acceptors (Lipinski definition) is 5. The van der Waals surface area contributed by atoms with Crippen molar-refractivity contribution < 1.29 is 4.79 Å². The Bertz CT molecular complexity index is 850. The standard InChI is InChI=1S/C24H31N5O/c30-24(26-20-8-5-17(6-9-20)16-29-12-1-2-13-29)23-21-14-18(7-10-22(21)27-28-23)19-4-3-11-25-15-19/h3-6,8-9,11,15,18,21-23,27-28H,1-2,7,10,12-14,16H2,(H,26,30). The number of hydrazine groups is 1. The topological polar surface area (TPSA) is 69.3 Å². The average Bonchev–Trinajstić information content (AvgIpc) is 3.45. The second-order valence-corrected chi connectivity index (χ2v) is 9.00. The van der Waals surface area contributed by atoms with Crippen LogP contribution in [0, 0.1) is 5.92 Å². The molecule has 5 rings (SSSR count). The SMILES string of the molecule is O=C(Nc1ccc(CN2CCCC2)cc1)C1NNC2CCC(c3cccnc3)CC21. The minimum absolute atomic E-state index is 0.0501. The van der Waals surface area contributed by atoms with Gasteiger partial charge in [0.25, 0.3) is 0 Å². The molecule has 0 bridgehead atoms. The van der Waals surface area contributed by atoms with E-state index in [2.05, 4.69) is 44.3 Å². The molecule has 30 heavy (non-hydrogen) atoms. The van der Waals surface area contributed by atoms with Gasteiger partial charge in [0.1, 0.15) is 6.04 Å². The van der Waals surface area contributed by atoms with Gasteiger partial charge < -0.3 is 5.32 Å². The zero-order valence-corrected chi connectivity index (χ0v) is 17.4. The van der Waals surface area contributed by atoms with Gasteiger partial charge in [-0.15, -0.1) is 0 Å². The van der Waals surface area contributed by atoms with E-state index >= 15 is 0 Å². The molecule has 4 unspecified atom stereocenters. The highest BCUT2D eigenvalue weighted by Gasteiger charge is 2.43. The van der Waals surface area contributed by atoms with E-state index in [0.717, 1.165) is 31.5 Å². The summed E-state index contributed by atoms with van der Waals surface area (Å²) in [4.78, 5) is 19.8. The number of pyridine rings is 1. The van der Waals surface area contributed by atoms with Crippen molar-refractivity contribution in [2.45, 2.75) is 56.7 Å². The fraction of sp³-hybridized carbons (Fsp3) is 0.500. The number of aromatic nitrogens is 1. The highest BCUT2D eigenvalue weighted by atomic mass is 16.2. The predicted molar refractivity (Wildman–Crippen MR) is 118 cm³/mol. The van der Waals surface area contributed by atoms with Gasteiger partial charge in [0.05, 0.1) is 0 Å². The van der Waals surface area contributed by atoms with Crippen molar-refractivity contribution in [3.63, 3.8) is 0 Å². The van der Waals surface area contributed by atoms with Gasteiger partial charge >= 0.3 is 0 Å². The molecule has 0 spiro atoms. The van der Waals surface area contributed by atoms with E-state index in [9.17, 15) is 4.79 Å². The monoisotopic (exact) mass is 405 g/mol. The van der Waals surface area contributed by atoms with Crippen LogP contribution in [0.25, 0.3) is 0 Å². The normalized spacial score (nSPS) is 28.9. The van der Waals surface area contributed by atoms with E-state index in [1.165, 1.54) is 37.1 Å². The molecule has 1 amide bonds. The highest BCUT2D eigenvalue weighted by Crippen LogP contribution is 2.39. The molecule has 3 heterocycles. The van der Waals surface area contributed by atoms with Gasteiger partial charge in [-0.05, 0) is 80.4 Å². The molecule has 3 aliphatic rings. The summed E-state index contributed by atoms with van der Waals surface area (Å²) in [5.41, 5.74) is 10.1. The Morgan fingerprint density at radius 2 is 1.93 bits per heavy atom. The maximum Gasteiger partial charge on any atom is 0.243 e. The van der Waals surface area contributed by atoms with Crippen molar-refractivity contribution in [2.24, 2.45) is 5.92 Å². The van der Waals surface area contributed by atoms with Crippen LogP contribution in [0.3, 0.4) is 0 Å². The van der Waals surface area contributed by atoms with Crippen LogP contribution < -0.4 is 16.2 Å². The smallest absolute Gasteiger partial charge is 0.243 e. The van der Waals surface area contributed by atoms with Crippen molar-refractivity contribution >= 4 is 11.6 Å². The first kappa shape index (κ1) is 19.7. The minimum atomic E-state index is -0.209. The van der Waals surface area contributed by atoms with Gasteiger partial charge in [-0.25, -0.2) is 5.43 Å². The van der Waals surface area contributed by atoms with Gasteiger partial charge in [-0.3, -0.25) is 20.1 Å². The van der Waals surface area contributed by atoms with E-state index in [4.69, 9.17) is 0 Å². The number of amides is 1. The first-order chi connectivity index (χ1) is 14.8. The van der Waals surface area contributed by atoms with Crippen LogP contribution in [0.1, 0.15) is 49.1 Å². The lowest BCUT2D eigenvalue weighted by Gasteiger charge is -2.32. The third kappa shape index (κ3) is 4.26. The predicted octanol–water partition coefficient (Wildman–Crippen LogP) is 3.04. The summed E-state index contributed by atoms with van der Waals surface area (Å²) in [6.45, 7) is 3.39. The Hall–Kier alpha value is -2.28. The van der Waals surface area contributed by atoms with Gasteiger partial charge in [0, 0.05) is 36.6 Å². The molecule has 3 N–H and O–H groups in total. The molecule has 1 aromatic heterocycles. The van der Waals surface area contributed by atoms with Crippen molar-refractivity contribution in [3.05, 3.63) is 59.9 Å². The van der Waals surface area contributed by atoms with Crippen LogP contribution in [0.2, 0.25) is 0 Å². The molecule has 4 atom stereocenters. The second kappa shape index (κ2) is 8.84. The molecule has 6 nitrogen and oxygen atoms in total. The molecule has 1 saturated carbocycles. The number of anilines is 1. The lowest BCUT2D eigenvalue weighted by atomic mass is 9.73. The number of rotatable bonds is 5. The highest BCUT2D eigenvalue weighted by molar-refractivity contribution is 5.95. The molecule has 1 aromatic carbocycles. The van der Waals surface area contributed by atoms with Crippen molar-refractivity contribution in [1.82, 2.24) is 20.7 Å². The number of nitrogens with one attached hydrogen (secondary N) is 3.